The quantitative estimate of drug-likeness (QED) is 0.676. The Morgan fingerprint density at radius 2 is 1.77 bits per heavy atom. The van der Waals surface area contributed by atoms with E-state index in [1.165, 1.54) is 4.68 Å². The van der Waals surface area contributed by atoms with Crippen LogP contribution in [0.1, 0.15) is 49.7 Å². The molecule has 0 aliphatic carbocycles. The number of nitrogens with one attached hydrogen (secondary N) is 1. The molecule has 5 nitrogen and oxygen atoms in total. The van der Waals surface area contributed by atoms with Gasteiger partial charge in [-0.15, -0.1) is 0 Å². The predicted octanol–water partition coefficient (Wildman–Crippen LogP) is 5.57. The number of fused-ring (bicyclic) bond motifs is 1. The van der Waals surface area contributed by atoms with Crippen molar-refractivity contribution in [3.8, 4) is 0 Å². The number of benzene rings is 1. The minimum absolute atomic E-state index is 0.0465. The van der Waals surface area contributed by atoms with Gasteiger partial charge in [-0.2, -0.15) is 18.3 Å². The summed E-state index contributed by atoms with van der Waals surface area (Å²) in [4.78, 5) is 14.3. The SMILES string of the molecule is Cc1cc(N2CCn3nc(C(F)(F)F)c(Cl)c3C2)cc(C)c1NC(=O)CC(C)(C)C. The molecule has 1 aliphatic rings. The summed E-state index contributed by atoms with van der Waals surface area (Å²) < 4.78 is 40.6. The summed E-state index contributed by atoms with van der Waals surface area (Å²) in [6.07, 6.45) is -4.17. The first-order valence-corrected chi connectivity index (χ1v) is 10.1. The van der Waals surface area contributed by atoms with Crippen LogP contribution in [0.25, 0.3) is 0 Å². The van der Waals surface area contributed by atoms with E-state index < -0.39 is 11.9 Å². The number of alkyl halides is 3. The lowest BCUT2D eigenvalue weighted by atomic mass is 9.92. The molecule has 0 saturated carbocycles. The number of nitrogens with zero attached hydrogens (tertiary/aromatic N) is 3. The predicted molar refractivity (Wildman–Crippen MR) is 112 cm³/mol. The number of carbonyl (C=O) groups excluding carboxylic acids is 1. The molecular formula is C21H26ClF3N4O. The molecule has 1 N–H and O–H groups in total. The smallest absolute Gasteiger partial charge is 0.364 e. The summed E-state index contributed by atoms with van der Waals surface area (Å²) in [7, 11) is 0. The van der Waals surface area contributed by atoms with Gasteiger partial charge in [-0.3, -0.25) is 9.48 Å². The zero-order chi connectivity index (χ0) is 22.4. The first-order chi connectivity index (χ1) is 13.8. The van der Waals surface area contributed by atoms with E-state index in [2.05, 4.69) is 10.4 Å². The van der Waals surface area contributed by atoms with E-state index in [4.69, 9.17) is 11.6 Å². The topological polar surface area (TPSA) is 50.2 Å². The van der Waals surface area contributed by atoms with Gasteiger partial charge in [0.25, 0.3) is 0 Å². The highest BCUT2D eigenvalue weighted by atomic mass is 35.5. The van der Waals surface area contributed by atoms with E-state index in [1.54, 1.807) is 0 Å². The number of aryl methyl sites for hydroxylation is 2. The maximum atomic E-state index is 13.1. The molecule has 3 rings (SSSR count). The van der Waals surface area contributed by atoms with Crippen molar-refractivity contribution < 1.29 is 18.0 Å². The Labute approximate surface area is 179 Å². The first kappa shape index (κ1) is 22.5. The standard InChI is InChI=1S/C21H26ClF3N4O/c1-12-8-14(9-13(2)18(12)26-16(30)10-20(3,4)5)28-6-7-29-15(11-28)17(22)19(27-29)21(23,24)25/h8-9H,6-7,10-11H2,1-5H3,(H,26,30). The van der Waals surface area contributed by atoms with Crippen molar-refractivity contribution >= 4 is 28.9 Å². The Kier molecular flexibility index (Phi) is 5.84. The molecule has 0 unspecified atom stereocenters. The monoisotopic (exact) mass is 442 g/mol. The number of anilines is 2. The van der Waals surface area contributed by atoms with Crippen molar-refractivity contribution in [3.05, 3.63) is 39.7 Å². The summed E-state index contributed by atoms with van der Waals surface area (Å²) in [5.41, 5.74) is 2.64. The van der Waals surface area contributed by atoms with Gasteiger partial charge in [-0.05, 0) is 42.5 Å². The van der Waals surface area contributed by atoms with Gasteiger partial charge in [0.2, 0.25) is 5.91 Å². The second-order valence-electron chi connectivity index (χ2n) is 8.99. The Hall–Kier alpha value is -2.22. The fourth-order valence-corrected chi connectivity index (χ4v) is 3.98. The largest absolute Gasteiger partial charge is 0.436 e. The van der Waals surface area contributed by atoms with Crippen molar-refractivity contribution in [2.24, 2.45) is 5.41 Å². The summed E-state index contributed by atoms with van der Waals surface area (Å²) >= 11 is 6.00. The zero-order valence-corrected chi connectivity index (χ0v) is 18.5. The summed E-state index contributed by atoms with van der Waals surface area (Å²) in [5.74, 6) is -0.0465. The van der Waals surface area contributed by atoms with Crippen LogP contribution >= 0.6 is 11.6 Å². The number of rotatable bonds is 3. The lowest BCUT2D eigenvalue weighted by molar-refractivity contribution is -0.141. The molecule has 1 aliphatic heterocycles. The first-order valence-electron chi connectivity index (χ1n) is 9.74. The number of hydrogen-bond acceptors (Lipinski definition) is 3. The van der Waals surface area contributed by atoms with Gasteiger partial charge >= 0.3 is 6.18 Å². The third-order valence-electron chi connectivity index (χ3n) is 5.02. The van der Waals surface area contributed by atoms with Crippen LogP contribution in [0.5, 0.6) is 0 Å². The summed E-state index contributed by atoms with van der Waals surface area (Å²) in [5, 5.41) is 6.30. The van der Waals surface area contributed by atoms with Crippen LogP contribution in [0.2, 0.25) is 5.02 Å². The molecule has 1 aromatic heterocycles. The molecule has 0 radical (unpaired) electrons. The maximum absolute atomic E-state index is 13.1. The molecular weight excluding hydrogens is 417 g/mol. The zero-order valence-electron chi connectivity index (χ0n) is 17.7. The van der Waals surface area contributed by atoms with Crippen molar-refractivity contribution in [2.45, 2.75) is 60.3 Å². The van der Waals surface area contributed by atoms with Gasteiger partial charge in [-0.1, -0.05) is 32.4 Å². The average molecular weight is 443 g/mol. The van der Waals surface area contributed by atoms with Gasteiger partial charge in [0.15, 0.2) is 5.69 Å². The molecule has 0 saturated heterocycles. The van der Waals surface area contributed by atoms with E-state index in [1.807, 2.05) is 51.7 Å². The van der Waals surface area contributed by atoms with Gasteiger partial charge in [0.1, 0.15) is 0 Å². The van der Waals surface area contributed by atoms with E-state index in [9.17, 15) is 18.0 Å². The van der Waals surface area contributed by atoms with E-state index in [0.29, 0.717) is 25.2 Å². The Bertz CT molecular complexity index is 953. The maximum Gasteiger partial charge on any atom is 0.436 e. The highest BCUT2D eigenvalue weighted by Gasteiger charge is 2.39. The second-order valence-corrected chi connectivity index (χ2v) is 9.37. The van der Waals surface area contributed by atoms with Gasteiger partial charge < -0.3 is 10.2 Å². The van der Waals surface area contributed by atoms with Crippen LogP contribution < -0.4 is 10.2 Å². The molecule has 2 aromatic rings. The van der Waals surface area contributed by atoms with Crippen molar-refractivity contribution in [3.63, 3.8) is 0 Å². The molecule has 2 heterocycles. The van der Waals surface area contributed by atoms with Crippen LogP contribution in [0.4, 0.5) is 24.5 Å². The molecule has 9 heteroatoms. The normalized spacial score (nSPS) is 14.6. The minimum atomic E-state index is -4.58. The number of hydrogen-bond donors (Lipinski definition) is 1. The van der Waals surface area contributed by atoms with Crippen LogP contribution in [0, 0.1) is 19.3 Å². The highest BCUT2D eigenvalue weighted by molar-refractivity contribution is 6.32. The molecule has 0 spiro atoms. The average Bonchev–Trinajstić information content (AvgIpc) is 2.93. The fraction of sp³-hybridized carbons (Fsp3) is 0.524. The van der Waals surface area contributed by atoms with Crippen molar-refractivity contribution in [1.29, 1.82) is 0 Å². The lowest BCUT2D eigenvalue weighted by Crippen LogP contribution is -2.34. The lowest BCUT2D eigenvalue weighted by Gasteiger charge is -2.31. The third-order valence-corrected chi connectivity index (χ3v) is 5.42. The van der Waals surface area contributed by atoms with E-state index in [0.717, 1.165) is 22.5 Å². The van der Waals surface area contributed by atoms with Crippen molar-refractivity contribution in [2.75, 3.05) is 16.8 Å². The number of amides is 1. The summed E-state index contributed by atoms with van der Waals surface area (Å²) in [6.45, 7) is 10.9. The molecule has 0 atom stereocenters. The molecule has 1 aromatic carbocycles. The second kappa shape index (κ2) is 7.80. The fourth-order valence-electron chi connectivity index (χ4n) is 3.67. The minimum Gasteiger partial charge on any atom is -0.364 e. The van der Waals surface area contributed by atoms with Crippen LogP contribution in [-0.2, 0) is 24.1 Å². The Morgan fingerprint density at radius 3 is 2.30 bits per heavy atom. The number of halogens is 4. The molecule has 0 fully saturated rings. The third kappa shape index (κ3) is 4.74. The molecule has 0 bridgehead atoms. The molecule has 30 heavy (non-hydrogen) atoms. The van der Waals surface area contributed by atoms with Crippen molar-refractivity contribution in [1.82, 2.24) is 9.78 Å². The van der Waals surface area contributed by atoms with E-state index in [-0.39, 0.29) is 22.9 Å². The van der Waals surface area contributed by atoms with Crippen LogP contribution in [0.3, 0.4) is 0 Å². The van der Waals surface area contributed by atoms with Gasteiger partial charge in [0.05, 0.1) is 23.8 Å². The van der Waals surface area contributed by atoms with E-state index >= 15 is 0 Å². The Balaban J connectivity index is 1.83. The summed E-state index contributed by atoms with van der Waals surface area (Å²) in [6, 6.07) is 3.87. The highest BCUT2D eigenvalue weighted by Crippen LogP contribution is 2.38. The number of aromatic nitrogens is 2. The van der Waals surface area contributed by atoms with Crippen LogP contribution in [0.15, 0.2) is 12.1 Å². The molecule has 164 valence electrons. The number of carbonyl (C=O) groups is 1. The Morgan fingerprint density at radius 1 is 1.17 bits per heavy atom. The van der Waals surface area contributed by atoms with Gasteiger partial charge in [-0.25, -0.2) is 0 Å². The molecule has 1 amide bonds. The van der Waals surface area contributed by atoms with Gasteiger partial charge in [0, 0.05) is 24.3 Å². The van der Waals surface area contributed by atoms with Crippen LogP contribution in [-0.4, -0.2) is 22.2 Å².